The van der Waals surface area contributed by atoms with Crippen molar-refractivity contribution in [2.45, 2.75) is 6.54 Å². The maximum absolute atomic E-state index is 12.0. The van der Waals surface area contributed by atoms with E-state index in [1.807, 2.05) is 24.3 Å². The molecule has 0 aliphatic carbocycles. The molecule has 128 valence electrons. The van der Waals surface area contributed by atoms with Crippen LogP contribution in [0.5, 0.6) is 11.5 Å². The van der Waals surface area contributed by atoms with Gasteiger partial charge in [-0.2, -0.15) is 5.10 Å². The summed E-state index contributed by atoms with van der Waals surface area (Å²) in [5, 5.41) is 6.86. The Bertz CT molecular complexity index is 799. The number of carbonyl (C=O) groups is 1. The molecule has 1 heterocycles. The quantitative estimate of drug-likeness (QED) is 0.715. The number of aromatic nitrogens is 3. The number of amides is 1. The van der Waals surface area contributed by atoms with Gasteiger partial charge in [0.25, 0.3) is 5.91 Å². The van der Waals surface area contributed by atoms with Crippen molar-refractivity contribution in [3.8, 4) is 11.5 Å². The van der Waals surface area contributed by atoms with Crippen molar-refractivity contribution >= 4 is 11.6 Å². The van der Waals surface area contributed by atoms with E-state index in [-0.39, 0.29) is 12.5 Å². The van der Waals surface area contributed by atoms with E-state index in [1.54, 1.807) is 42.4 Å². The van der Waals surface area contributed by atoms with E-state index in [1.165, 1.54) is 6.33 Å². The van der Waals surface area contributed by atoms with Gasteiger partial charge in [0.05, 0.1) is 13.7 Å². The minimum absolute atomic E-state index is 0.0625. The third kappa shape index (κ3) is 4.81. The summed E-state index contributed by atoms with van der Waals surface area (Å²) in [5.74, 6) is 1.13. The Kier molecular flexibility index (Phi) is 5.26. The number of carbonyl (C=O) groups excluding carboxylic acids is 1. The van der Waals surface area contributed by atoms with Gasteiger partial charge in [-0.3, -0.25) is 4.79 Å². The number of rotatable bonds is 7. The first-order valence-electron chi connectivity index (χ1n) is 7.71. The summed E-state index contributed by atoms with van der Waals surface area (Å²) in [6.07, 6.45) is 3.16. The molecule has 0 saturated carbocycles. The summed E-state index contributed by atoms with van der Waals surface area (Å²) in [6, 6.07) is 14.6. The summed E-state index contributed by atoms with van der Waals surface area (Å²) in [7, 11) is 1.60. The standard InChI is InChI=1S/C18H18N4O3/c1-24-16-6-8-17(9-7-16)25-11-18(23)21-15-4-2-14(3-5-15)10-22-13-19-12-20-22/h2-9,12-13H,10-11H2,1H3,(H,21,23). The van der Waals surface area contributed by atoms with Crippen LogP contribution in [0.15, 0.2) is 61.2 Å². The number of hydrogen-bond acceptors (Lipinski definition) is 5. The molecule has 3 aromatic rings. The SMILES string of the molecule is COc1ccc(OCC(=O)Nc2ccc(Cn3cncn3)cc2)cc1. The van der Waals surface area contributed by atoms with Gasteiger partial charge in [-0.15, -0.1) is 0 Å². The number of ether oxygens (including phenoxy) is 2. The Balaban J connectivity index is 1.48. The van der Waals surface area contributed by atoms with Crippen LogP contribution in [0.4, 0.5) is 5.69 Å². The molecule has 1 aromatic heterocycles. The average Bonchev–Trinajstić information content (AvgIpc) is 3.15. The van der Waals surface area contributed by atoms with Crippen molar-refractivity contribution in [2.24, 2.45) is 0 Å². The van der Waals surface area contributed by atoms with Crippen LogP contribution in [0.1, 0.15) is 5.56 Å². The Hall–Kier alpha value is -3.35. The number of methoxy groups -OCH3 is 1. The zero-order valence-corrected chi connectivity index (χ0v) is 13.8. The van der Waals surface area contributed by atoms with Gasteiger partial charge >= 0.3 is 0 Å². The maximum Gasteiger partial charge on any atom is 0.262 e. The van der Waals surface area contributed by atoms with E-state index in [2.05, 4.69) is 15.4 Å². The highest BCUT2D eigenvalue weighted by atomic mass is 16.5. The first kappa shape index (κ1) is 16.5. The van der Waals surface area contributed by atoms with Crippen LogP contribution in [-0.4, -0.2) is 34.4 Å². The van der Waals surface area contributed by atoms with E-state index in [9.17, 15) is 4.79 Å². The van der Waals surface area contributed by atoms with Gasteiger partial charge in [-0.1, -0.05) is 12.1 Å². The predicted octanol–water partition coefficient (Wildman–Crippen LogP) is 2.35. The second kappa shape index (κ2) is 7.96. The molecule has 3 rings (SSSR count). The lowest BCUT2D eigenvalue weighted by molar-refractivity contribution is -0.118. The molecule has 0 unspecified atom stereocenters. The fraction of sp³-hybridized carbons (Fsp3) is 0.167. The molecule has 1 amide bonds. The molecule has 0 saturated heterocycles. The molecule has 7 nitrogen and oxygen atoms in total. The summed E-state index contributed by atoms with van der Waals surface area (Å²) >= 11 is 0. The summed E-state index contributed by atoms with van der Waals surface area (Å²) < 4.78 is 12.3. The van der Waals surface area contributed by atoms with Crippen LogP contribution in [-0.2, 0) is 11.3 Å². The average molecular weight is 338 g/mol. The maximum atomic E-state index is 12.0. The first-order valence-corrected chi connectivity index (χ1v) is 7.71. The lowest BCUT2D eigenvalue weighted by Crippen LogP contribution is -2.20. The van der Waals surface area contributed by atoms with Crippen LogP contribution in [0.2, 0.25) is 0 Å². The van der Waals surface area contributed by atoms with E-state index >= 15 is 0 Å². The van der Waals surface area contributed by atoms with Crippen LogP contribution in [0.3, 0.4) is 0 Å². The van der Waals surface area contributed by atoms with Gasteiger partial charge in [0.15, 0.2) is 6.61 Å². The summed E-state index contributed by atoms with van der Waals surface area (Å²) in [6.45, 7) is 0.571. The molecule has 25 heavy (non-hydrogen) atoms. The predicted molar refractivity (Wildman–Crippen MR) is 92.7 cm³/mol. The molecular formula is C18H18N4O3. The highest BCUT2D eigenvalue weighted by molar-refractivity contribution is 5.91. The molecule has 1 N–H and O–H groups in total. The van der Waals surface area contributed by atoms with E-state index < -0.39 is 0 Å². The van der Waals surface area contributed by atoms with Crippen molar-refractivity contribution in [2.75, 3.05) is 19.0 Å². The van der Waals surface area contributed by atoms with Crippen LogP contribution in [0, 0.1) is 0 Å². The van der Waals surface area contributed by atoms with Gasteiger partial charge < -0.3 is 14.8 Å². The molecule has 0 aliphatic rings. The third-order valence-corrected chi connectivity index (χ3v) is 3.48. The second-order valence-corrected chi connectivity index (χ2v) is 5.30. The molecule has 7 heteroatoms. The number of benzene rings is 2. The molecule has 2 aromatic carbocycles. The Labute approximate surface area is 145 Å². The van der Waals surface area contributed by atoms with Gasteiger partial charge in [-0.05, 0) is 42.0 Å². The lowest BCUT2D eigenvalue weighted by Gasteiger charge is -2.09. The van der Waals surface area contributed by atoms with E-state index in [0.29, 0.717) is 18.0 Å². The Morgan fingerprint density at radius 3 is 2.44 bits per heavy atom. The fourth-order valence-electron chi connectivity index (χ4n) is 2.21. The van der Waals surface area contributed by atoms with Crippen molar-refractivity contribution in [1.29, 1.82) is 0 Å². The number of hydrogen-bond donors (Lipinski definition) is 1. The zero-order chi connectivity index (χ0) is 17.5. The van der Waals surface area contributed by atoms with Crippen molar-refractivity contribution in [1.82, 2.24) is 14.8 Å². The highest BCUT2D eigenvalue weighted by Crippen LogP contribution is 2.17. The molecule has 0 atom stereocenters. The Morgan fingerprint density at radius 1 is 1.08 bits per heavy atom. The van der Waals surface area contributed by atoms with Crippen LogP contribution >= 0.6 is 0 Å². The fourth-order valence-corrected chi connectivity index (χ4v) is 2.21. The van der Waals surface area contributed by atoms with Gasteiger partial charge in [0, 0.05) is 5.69 Å². The first-order chi connectivity index (χ1) is 12.2. The molecule has 0 radical (unpaired) electrons. The second-order valence-electron chi connectivity index (χ2n) is 5.30. The van der Waals surface area contributed by atoms with Gasteiger partial charge in [0.1, 0.15) is 24.2 Å². The summed E-state index contributed by atoms with van der Waals surface area (Å²) in [4.78, 5) is 15.9. The van der Waals surface area contributed by atoms with Crippen molar-refractivity contribution in [3.63, 3.8) is 0 Å². The number of nitrogens with zero attached hydrogens (tertiary/aromatic N) is 3. The normalized spacial score (nSPS) is 10.3. The molecular weight excluding hydrogens is 320 g/mol. The molecule has 0 spiro atoms. The number of nitrogens with one attached hydrogen (secondary N) is 1. The lowest BCUT2D eigenvalue weighted by atomic mass is 10.2. The van der Waals surface area contributed by atoms with E-state index in [0.717, 1.165) is 11.3 Å². The minimum atomic E-state index is -0.222. The van der Waals surface area contributed by atoms with E-state index in [4.69, 9.17) is 9.47 Å². The summed E-state index contributed by atoms with van der Waals surface area (Å²) in [5.41, 5.74) is 1.78. The smallest absolute Gasteiger partial charge is 0.262 e. The van der Waals surface area contributed by atoms with Gasteiger partial charge in [0.2, 0.25) is 0 Å². The van der Waals surface area contributed by atoms with Crippen LogP contribution in [0.25, 0.3) is 0 Å². The third-order valence-electron chi connectivity index (χ3n) is 3.48. The zero-order valence-electron chi connectivity index (χ0n) is 13.8. The largest absolute Gasteiger partial charge is 0.497 e. The van der Waals surface area contributed by atoms with Crippen molar-refractivity contribution < 1.29 is 14.3 Å². The van der Waals surface area contributed by atoms with Crippen LogP contribution < -0.4 is 14.8 Å². The van der Waals surface area contributed by atoms with Gasteiger partial charge in [-0.25, -0.2) is 9.67 Å². The molecule has 0 bridgehead atoms. The molecule has 0 aliphatic heterocycles. The molecule has 0 fully saturated rings. The highest BCUT2D eigenvalue weighted by Gasteiger charge is 2.04. The van der Waals surface area contributed by atoms with Crippen molar-refractivity contribution in [3.05, 3.63) is 66.7 Å². The topological polar surface area (TPSA) is 78.3 Å². The Morgan fingerprint density at radius 2 is 1.80 bits per heavy atom. The minimum Gasteiger partial charge on any atom is -0.497 e. The monoisotopic (exact) mass is 338 g/mol. The number of anilines is 1.